The summed E-state index contributed by atoms with van der Waals surface area (Å²) in [6.07, 6.45) is 16.9. The van der Waals surface area contributed by atoms with Crippen LogP contribution in [-0.2, 0) is 4.79 Å². The van der Waals surface area contributed by atoms with Crippen LogP contribution in [0.4, 0.5) is 0 Å². The second-order valence-corrected chi connectivity index (χ2v) is 7.71. The molecule has 3 atom stereocenters. The molecule has 0 aromatic rings. The Bertz CT molecular complexity index is 599. The lowest BCUT2D eigenvalue weighted by Crippen LogP contribution is -2.40. The van der Waals surface area contributed by atoms with Gasteiger partial charge in [0.1, 0.15) is 0 Å². The van der Waals surface area contributed by atoms with E-state index < -0.39 is 0 Å². The van der Waals surface area contributed by atoms with Crippen molar-refractivity contribution >= 4 is 5.91 Å². The van der Waals surface area contributed by atoms with Gasteiger partial charge in [0.15, 0.2) is 0 Å². The molecule has 0 saturated carbocycles. The van der Waals surface area contributed by atoms with Crippen molar-refractivity contribution in [1.29, 1.82) is 0 Å². The minimum Gasteiger partial charge on any atom is -0.300 e. The maximum absolute atomic E-state index is 12.6. The molecule has 0 saturated heterocycles. The molecule has 2 bridgehead atoms. The van der Waals surface area contributed by atoms with Gasteiger partial charge in [-0.15, -0.1) is 0 Å². The Kier molecular flexibility index (Phi) is 7.89. The SMILES string of the molecule is C/C=C\C1=C(\C)CC2C=CC(C)CN(CC)C(C/C=C/N1C(=O)CC)C2. The Balaban J connectivity index is 2.46. The molecule has 0 aromatic carbocycles. The number of amides is 1. The zero-order valence-electron chi connectivity index (χ0n) is 17.2. The van der Waals surface area contributed by atoms with Crippen molar-refractivity contribution in [3.8, 4) is 0 Å². The highest BCUT2D eigenvalue weighted by atomic mass is 16.2. The van der Waals surface area contributed by atoms with Crippen molar-refractivity contribution in [3.05, 3.63) is 47.9 Å². The maximum atomic E-state index is 12.6. The zero-order valence-corrected chi connectivity index (χ0v) is 17.2. The highest BCUT2D eigenvalue weighted by Gasteiger charge is 2.25. The van der Waals surface area contributed by atoms with E-state index in [-0.39, 0.29) is 5.91 Å². The van der Waals surface area contributed by atoms with Crippen LogP contribution in [-0.4, -0.2) is 34.8 Å². The van der Waals surface area contributed by atoms with Crippen LogP contribution in [0.1, 0.15) is 60.3 Å². The molecule has 3 unspecified atom stereocenters. The van der Waals surface area contributed by atoms with E-state index in [4.69, 9.17) is 0 Å². The standard InChI is InChI=1S/C23H36N2O/c1-6-10-22-19(5)15-20-13-12-18(4)17-24(8-3)21(16-20)11-9-14-25(22)23(26)7-2/h6,9-10,12-14,18,20-21H,7-8,11,15-17H2,1-5H3/b10-6-,13-12?,14-9+,22-19+. The molecule has 26 heavy (non-hydrogen) atoms. The molecule has 0 aromatic heterocycles. The van der Waals surface area contributed by atoms with Crippen molar-refractivity contribution in [1.82, 2.24) is 9.80 Å². The van der Waals surface area contributed by atoms with E-state index in [9.17, 15) is 4.79 Å². The third-order valence-corrected chi connectivity index (χ3v) is 5.56. The third kappa shape index (κ3) is 5.20. The zero-order chi connectivity index (χ0) is 19.1. The Morgan fingerprint density at radius 2 is 2.08 bits per heavy atom. The van der Waals surface area contributed by atoms with Gasteiger partial charge in [0.05, 0.1) is 0 Å². The van der Waals surface area contributed by atoms with Gasteiger partial charge in [-0.3, -0.25) is 14.6 Å². The lowest BCUT2D eigenvalue weighted by molar-refractivity contribution is -0.126. The molecule has 1 amide bonds. The summed E-state index contributed by atoms with van der Waals surface area (Å²) in [5, 5.41) is 0. The molecule has 3 nitrogen and oxygen atoms in total. The molecule has 0 radical (unpaired) electrons. The number of carbonyl (C=O) groups excluding carboxylic acids is 1. The quantitative estimate of drug-likeness (QED) is 0.642. The summed E-state index contributed by atoms with van der Waals surface area (Å²) in [5.41, 5.74) is 2.34. The average molecular weight is 357 g/mol. The van der Waals surface area contributed by atoms with Crippen LogP contribution in [0, 0.1) is 11.8 Å². The fourth-order valence-electron chi connectivity index (χ4n) is 4.16. The molecule has 0 N–H and O–H groups in total. The molecule has 2 heterocycles. The van der Waals surface area contributed by atoms with Crippen molar-refractivity contribution in [2.24, 2.45) is 11.8 Å². The average Bonchev–Trinajstić information content (AvgIpc) is 2.63. The number of carbonyl (C=O) groups is 1. The van der Waals surface area contributed by atoms with E-state index in [1.54, 1.807) is 0 Å². The molecule has 2 aliphatic heterocycles. The number of allylic oxidation sites excluding steroid dienone is 4. The van der Waals surface area contributed by atoms with E-state index in [0.717, 1.165) is 31.6 Å². The molecule has 2 aliphatic rings. The van der Waals surface area contributed by atoms with Gasteiger partial charge in [-0.1, -0.05) is 45.1 Å². The van der Waals surface area contributed by atoms with Crippen LogP contribution in [0.5, 0.6) is 0 Å². The Morgan fingerprint density at radius 1 is 1.31 bits per heavy atom. The summed E-state index contributed by atoms with van der Waals surface area (Å²) in [5.74, 6) is 1.28. The molecular weight excluding hydrogens is 320 g/mol. The summed E-state index contributed by atoms with van der Waals surface area (Å²) < 4.78 is 0. The van der Waals surface area contributed by atoms with Crippen molar-refractivity contribution in [3.63, 3.8) is 0 Å². The van der Waals surface area contributed by atoms with Gasteiger partial charge in [-0.2, -0.15) is 0 Å². The van der Waals surface area contributed by atoms with Gasteiger partial charge in [0, 0.05) is 30.9 Å². The van der Waals surface area contributed by atoms with Gasteiger partial charge < -0.3 is 0 Å². The highest BCUT2D eigenvalue weighted by Crippen LogP contribution is 2.30. The largest absolute Gasteiger partial charge is 0.300 e. The van der Waals surface area contributed by atoms with Gasteiger partial charge in [-0.25, -0.2) is 0 Å². The van der Waals surface area contributed by atoms with E-state index in [1.165, 1.54) is 12.0 Å². The van der Waals surface area contributed by atoms with Gasteiger partial charge in [0.25, 0.3) is 0 Å². The first kappa shape index (κ1) is 20.7. The van der Waals surface area contributed by atoms with Gasteiger partial charge >= 0.3 is 0 Å². The second kappa shape index (κ2) is 9.91. The predicted octanol–water partition coefficient (Wildman–Crippen LogP) is 5.29. The van der Waals surface area contributed by atoms with Crippen LogP contribution in [0.3, 0.4) is 0 Å². The highest BCUT2D eigenvalue weighted by molar-refractivity contribution is 5.79. The summed E-state index contributed by atoms with van der Waals surface area (Å²) in [6.45, 7) is 12.9. The molecule has 0 fully saturated rings. The minimum absolute atomic E-state index is 0.158. The minimum atomic E-state index is 0.158. The van der Waals surface area contributed by atoms with Gasteiger partial charge in [-0.05, 0) is 63.1 Å². The maximum Gasteiger partial charge on any atom is 0.230 e. The normalized spacial score (nSPS) is 32.3. The lowest BCUT2D eigenvalue weighted by Gasteiger charge is -2.36. The number of hydrogen-bond donors (Lipinski definition) is 0. The van der Waals surface area contributed by atoms with E-state index in [1.807, 2.05) is 31.0 Å². The summed E-state index contributed by atoms with van der Waals surface area (Å²) in [4.78, 5) is 17.1. The monoisotopic (exact) mass is 356 g/mol. The van der Waals surface area contributed by atoms with Crippen LogP contribution in [0.15, 0.2) is 47.9 Å². The smallest absolute Gasteiger partial charge is 0.230 e. The van der Waals surface area contributed by atoms with Crippen LogP contribution >= 0.6 is 0 Å². The Hall–Kier alpha value is -1.61. The summed E-state index contributed by atoms with van der Waals surface area (Å²) in [6, 6.07) is 0.545. The number of fused-ring (bicyclic) bond motifs is 2. The first-order valence-electron chi connectivity index (χ1n) is 10.2. The van der Waals surface area contributed by atoms with E-state index >= 15 is 0 Å². The van der Waals surface area contributed by atoms with Gasteiger partial charge in [0.2, 0.25) is 5.91 Å². The topological polar surface area (TPSA) is 23.6 Å². The molecule has 0 spiro atoms. The Morgan fingerprint density at radius 3 is 2.73 bits per heavy atom. The summed E-state index contributed by atoms with van der Waals surface area (Å²) in [7, 11) is 0. The lowest BCUT2D eigenvalue weighted by atomic mass is 9.86. The first-order chi connectivity index (χ1) is 12.5. The fourth-order valence-corrected chi connectivity index (χ4v) is 4.16. The molecule has 0 aliphatic carbocycles. The third-order valence-electron chi connectivity index (χ3n) is 5.56. The van der Waals surface area contributed by atoms with Crippen LogP contribution < -0.4 is 0 Å². The van der Waals surface area contributed by atoms with Crippen molar-refractivity contribution in [2.45, 2.75) is 66.3 Å². The molecule has 3 heteroatoms. The number of rotatable bonds is 3. The molecular formula is C23H36N2O. The molecule has 2 rings (SSSR count). The van der Waals surface area contributed by atoms with Crippen molar-refractivity contribution < 1.29 is 4.79 Å². The summed E-state index contributed by atoms with van der Waals surface area (Å²) >= 11 is 0. The first-order valence-corrected chi connectivity index (χ1v) is 10.2. The number of nitrogens with zero attached hydrogens (tertiary/aromatic N) is 2. The predicted molar refractivity (Wildman–Crippen MR) is 110 cm³/mol. The number of hydrogen-bond acceptors (Lipinski definition) is 2. The Labute approximate surface area is 160 Å². The van der Waals surface area contributed by atoms with E-state index in [2.05, 4.69) is 50.0 Å². The van der Waals surface area contributed by atoms with Crippen LogP contribution in [0.2, 0.25) is 0 Å². The molecule has 144 valence electrons. The second-order valence-electron chi connectivity index (χ2n) is 7.71. The van der Waals surface area contributed by atoms with E-state index in [0.29, 0.717) is 24.3 Å². The van der Waals surface area contributed by atoms with Crippen molar-refractivity contribution in [2.75, 3.05) is 13.1 Å². The fraction of sp³-hybridized carbons (Fsp3) is 0.609. The van der Waals surface area contributed by atoms with Crippen LogP contribution in [0.25, 0.3) is 0 Å².